The van der Waals surface area contributed by atoms with Crippen molar-refractivity contribution in [2.24, 2.45) is 0 Å². The number of urea groups is 1. The number of rotatable bonds is 7. The molecule has 0 spiro atoms. The number of unbranched alkanes of at least 4 members (excludes halogenated alkanes) is 3. The number of hydrogen-bond donors (Lipinski definition) is 3. The van der Waals surface area contributed by atoms with E-state index >= 15 is 0 Å². The molecule has 1 aromatic rings. The van der Waals surface area contributed by atoms with E-state index in [0.29, 0.717) is 24.2 Å². The molecule has 0 radical (unpaired) electrons. The number of benzene rings is 1. The topological polar surface area (TPSA) is 87.3 Å². The lowest BCUT2D eigenvalue weighted by Gasteiger charge is -2.08. The predicted molar refractivity (Wildman–Crippen MR) is 82.6 cm³/mol. The van der Waals surface area contributed by atoms with Crippen molar-refractivity contribution in [3.05, 3.63) is 34.9 Å². The Kier molecular flexibility index (Phi) is 5.52. The van der Waals surface area contributed by atoms with E-state index < -0.39 is 0 Å². The van der Waals surface area contributed by atoms with Gasteiger partial charge in [-0.05, 0) is 24.1 Å². The van der Waals surface area contributed by atoms with Gasteiger partial charge >= 0.3 is 6.03 Å². The molecule has 0 saturated carbocycles. The zero-order chi connectivity index (χ0) is 15.9. The van der Waals surface area contributed by atoms with Gasteiger partial charge in [0, 0.05) is 13.1 Å². The van der Waals surface area contributed by atoms with Crippen LogP contribution < -0.4 is 16.0 Å². The molecule has 1 aromatic carbocycles. The monoisotopic (exact) mass is 303 g/mol. The Morgan fingerprint density at radius 2 is 1.82 bits per heavy atom. The number of fused-ring (bicyclic) bond motifs is 1. The average molecular weight is 303 g/mol. The minimum atomic E-state index is -0.387. The van der Waals surface area contributed by atoms with Crippen molar-refractivity contribution in [3.8, 4) is 0 Å². The molecular weight excluding hydrogens is 282 g/mol. The Bertz CT molecular complexity index is 584. The quantitative estimate of drug-likeness (QED) is 0.531. The Morgan fingerprint density at radius 3 is 2.59 bits per heavy atom. The number of amides is 4. The van der Waals surface area contributed by atoms with Gasteiger partial charge in [-0.15, -0.1) is 0 Å². The summed E-state index contributed by atoms with van der Waals surface area (Å²) in [6.45, 7) is 3.12. The van der Waals surface area contributed by atoms with Crippen molar-refractivity contribution in [3.63, 3.8) is 0 Å². The van der Waals surface area contributed by atoms with Gasteiger partial charge < -0.3 is 10.6 Å². The first-order chi connectivity index (χ1) is 10.6. The van der Waals surface area contributed by atoms with Crippen molar-refractivity contribution in [1.82, 2.24) is 16.0 Å². The molecule has 0 unspecified atom stereocenters. The van der Waals surface area contributed by atoms with Crippen LogP contribution in [0, 0.1) is 0 Å². The van der Waals surface area contributed by atoms with E-state index in [1.54, 1.807) is 18.2 Å². The molecule has 0 saturated heterocycles. The van der Waals surface area contributed by atoms with E-state index in [0.717, 1.165) is 18.4 Å². The van der Waals surface area contributed by atoms with Crippen LogP contribution in [0.5, 0.6) is 0 Å². The Hall–Kier alpha value is -2.37. The number of hydrogen-bond acceptors (Lipinski definition) is 3. The zero-order valence-electron chi connectivity index (χ0n) is 12.7. The molecule has 3 N–H and O–H groups in total. The fourth-order valence-corrected chi connectivity index (χ4v) is 2.32. The highest BCUT2D eigenvalue weighted by Gasteiger charge is 2.26. The van der Waals surface area contributed by atoms with E-state index in [-0.39, 0.29) is 17.8 Å². The summed E-state index contributed by atoms with van der Waals surface area (Å²) in [5, 5.41) is 7.78. The minimum absolute atomic E-state index is 0.225. The molecular formula is C16H21N3O3. The summed E-state index contributed by atoms with van der Waals surface area (Å²) in [7, 11) is 0. The lowest BCUT2D eigenvalue weighted by atomic mass is 10.1. The minimum Gasteiger partial charge on any atom is -0.338 e. The van der Waals surface area contributed by atoms with Gasteiger partial charge in [0.2, 0.25) is 0 Å². The van der Waals surface area contributed by atoms with Gasteiger partial charge in [-0.1, -0.05) is 32.3 Å². The predicted octanol–water partition coefficient (Wildman–Crippen LogP) is 1.95. The standard InChI is InChI=1S/C16H21N3O3/c1-2-3-4-5-8-17-16(22)18-10-11-6-7-12-13(9-11)15(21)19-14(12)20/h6-7,9H,2-5,8,10H2,1H3,(H2,17,18,22)(H,19,20,21). The molecule has 1 aliphatic heterocycles. The third-order valence-electron chi connectivity index (χ3n) is 3.57. The van der Waals surface area contributed by atoms with E-state index in [2.05, 4.69) is 22.9 Å². The first-order valence-electron chi connectivity index (χ1n) is 7.62. The van der Waals surface area contributed by atoms with E-state index in [9.17, 15) is 14.4 Å². The lowest BCUT2D eigenvalue weighted by molar-refractivity contribution is 0.0879. The van der Waals surface area contributed by atoms with Crippen molar-refractivity contribution in [2.45, 2.75) is 39.2 Å². The maximum absolute atomic E-state index is 11.6. The summed E-state index contributed by atoms with van der Waals surface area (Å²) >= 11 is 0. The zero-order valence-corrected chi connectivity index (χ0v) is 12.7. The van der Waals surface area contributed by atoms with Gasteiger partial charge in [0.15, 0.2) is 0 Å². The first-order valence-corrected chi connectivity index (χ1v) is 7.62. The summed E-state index contributed by atoms with van der Waals surface area (Å²) in [6.07, 6.45) is 4.44. The highest BCUT2D eigenvalue weighted by atomic mass is 16.2. The molecule has 2 rings (SSSR count). The Labute approximate surface area is 129 Å². The number of carbonyl (C=O) groups excluding carboxylic acids is 3. The lowest BCUT2D eigenvalue weighted by Crippen LogP contribution is -2.35. The van der Waals surface area contributed by atoms with Gasteiger partial charge in [-0.2, -0.15) is 0 Å². The van der Waals surface area contributed by atoms with Crippen LogP contribution in [0.25, 0.3) is 0 Å². The number of imide groups is 1. The molecule has 0 aromatic heterocycles. The summed E-state index contributed by atoms with van der Waals surface area (Å²) in [5.41, 5.74) is 1.53. The van der Waals surface area contributed by atoms with Crippen LogP contribution in [0.3, 0.4) is 0 Å². The third-order valence-corrected chi connectivity index (χ3v) is 3.57. The van der Waals surface area contributed by atoms with Gasteiger partial charge in [-0.3, -0.25) is 14.9 Å². The van der Waals surface area contributed by atoms with Crippen LogP contribution in [-0.4, -0.2) is 24.4 Å². The first kappa shape index (κ1) is 16.0. The maximum Gasteiger partial charge on any atom is 0.315 e. The van der Waals surface area contributed by atoms with Crippen molar-refractivity contribution in [2.75, 3.05) is 6.54 Å². The number of carbonyl (C=O) groups is 3. The number of nitrogens with one attached hydrogen (secondary N) is 3. The molecule has 22 heavy (non-hydrogen) atoms. The fraction of sp³-hybridized carbons (Fsp3) is 0.438. The smallest absolute Gasteiger partial charge is 0.315 e. The Morgan fingerprint density at radius 1 is 1.05 bits per heavy atom. The highest BCUT2D eigenvalue weighted by molar-refractivity contribution is 6.21. The molecule has 0 bridgehead atoms. The molecule has 4 amide bonds. The molecule has 6 nitrogen and oxygen atoms in total. The fourth-order valence-electron chi connectivity index (χ4n) is 2.32. The molecule has 0 atom stereocenters. The van der Waals surface area contributed by atoms with Crippen LogP contribution in [0.15, 0.2) is 18.2 Å². The van der Waals surface area contributed by atoms with Crippen LogP contribution in [0.4, 0.5) is 4.79 Å². The summed E-state index contributed by atoms with van der Waals surface area (Å²) in [6, 6.07) is 4.75. The van der Waals surface area contributed by atoms with E-state index in [1.807, 2.05) is 0 Å². The largest absolute Gasteiger partial charge is 0.338 e. The third kappa shape index (κ3) is 4.07. The molecule has 1 aliphatic rings. The molecule has 0 fully saturated rings. The second kappa shape index (κ2) is 7.59. The average Bonchev–Trinajstić information content (AvgIpc) is 2.79. The van der Waals surface area contributed by atoms with E-state index in [4.69, 9.17) is 0 Å². The van der Waals surface area contributed by atoms with Crippen LogP contribution in [0.1, 0.15) is 58.9 Å². The normalized spacial score (nSPS) is 12.8. The molecule has 1 heterocycles. The summed E-state index contributed by atoms with van der Waals surface area (Å²) < 4.78 is 0. The summed E-state index contributed by atoms with van der Waals surface area (Å²) in [4.78, 5) is 34.6. The Balaban J connectivity index is 1.78. The molecule has 6 heteroatoms. The van der Waals surface area contributed by atoms with Crippen LogP contribution in [-0.2, 0) is 6.54 Å². The summed E-state index contributed by atoms with van der Waals surface area (Å²) in [5.74, 6) is -0.758. The SMILES string of the molecule is CCCCCCNC(=O)NCc1ccc2c(c1)C(=O)NC2=O. The highest BCUT2D eigenvalue weighted by Crippen LogP contribution is 2.17. The second-order valence-corrected chi connectivity index (χ2v) is 5.33. The van der Waals surface area contributed by atoms with Crippen molar-refractivity contribution < 1.29 is 14.4 Å². The van der Waals surface area contributed by atoms with Crippen molar-refractivity contribution in [1.29, 1.82) is 0 Å². The van der Waals surface area contributed by atoms with Crippen molar-refractivity contribution >= 4 is 17.8 Å². The van der Waals surface area contributed by atoms with Gasteiger partial charge in [-0.25, -0.2) is 4.79 Å². The van der Waals surface area contributed by atoms with Gasteiger partial charge in [0.1, 0.15) is 0 Å². The maximum atomic E-state index is 11.6. The molecule has 0 aliphatic carbocycles. The van der Waals surface area contributed by atoms with Gasteiger partial charge in [0.25, 0.3) is 11.8 Å². The van der Waals surface area contributed by atoms with E-state index in [1.165, 1.54) is 12.8 Å². The van der Waals surface area contributed by atoms with Crippen LogP contribution >= 0.6 is 0 Å². The van der Waals surface area contributed by atoms with Crippen LogP contribution in [0.2, 0.25) is 0 Å². The second-order valence-electron chi connectivity index (χ2n) is 5.33. The van der Waals surface area contributed by atoms with Gasteiger partial charge in [0.05, 0.1) is 11.1 Å². The molecule has 118 valence electrons.